The Morgan fingerprint density at radius 3 is 2.52 bits per heavy atom. The van der Waals surface area contributed by atoms with Gasteiger partial charge in [0.25, 0.3) is 5.91 Å². The molecule has 0 saturated carbocycles. The summed E-state index contributed by atoms with van der Waals surface area (Å²) >= 11 is 0. The highest BCUT2D eigenvalue weighted by Gasteiger charge is 2.35. The van der Waals surface area contributed by atoms with E-state index in [9.17, 15) is 4.79 Å². The van der Waals surface area contributed by atoms with Crippen LogP contribution in [0.15, 0.2) is 28.8 Å². The Balaban J connectivity index is 1.93. The van der Waals surface area contributed by atoms with E-state index in [4.69, 9.17) is 14.0 Å². The monoisotopic (exact) mass is 344 g/mol. The Bertz CT molecular complexity index is 731. The molecule has 0 spiro atoms. The van der Waals surface area contributed by atoms with Crippen LogP contribution in [-0.2, 0) is 0 Å². The Morgan fingerprint density at radius 2 is 1.96 bits per heavy atom. The number of ether oxygens (including phenoxy) is 2. The lowest BCUT2D eigenvalue weighted by molar-refractivity contribution is 0.0707. The summed E-state index contributed by atoms with van der Waals surface area (Å²) in [6.07, 6.45) is 1.78. The second kappa shape index (κ2) is 7.17. The Morgan fingerprint density at radius 1 is 1.28 bits per heavy atom. The van der Waals surface area contributed by atoms with Crippen molar-refractivity contribution in [2.24, 2.45) is 0 Å². The van der Waals surface area contributed by atoms with Gasteiger partial charge in [0.05, 0.1) is 26.0 Å². The van der Waals surface area contributed by atoms with Crippen LogP contribution in [-0.4, -0.2) is 36.7 Å². The Kier molecular flexibility index (Phi) is 4.97. The van der Waals surface area contributed by atoms with Gasteiger partial charge >= 0.3 is 0 Å². The first-order valence-corrected chi connectivity index (χ1v) is 8.55. The minimum absolute atomic E-state index is 0.109. The number of likely N-dealkylation sites (tertiary alicyclic amines) is 1. The number of carbonyl (C=O) groups is 1. The van der Waals surface area contributed by atoms with Gasteiger partial charge in [-0.2, -0.15) is 0 Å². The molecule has 6 heteroatoms. The molecule has 0 bridgehead atoms. The average Bonchev–Trinajstić information content (AvgIpc) is 3.28. The number of carbonyl (C=O) groups excluding carboxylic acids is 1. The third-order valence-electron chi connectivity index (χ3n) is 4.62. The molecule has 1 aliphatic rings. The summed E-state index contributed by atoms with van der Waals surface area (Å²) in [7, 11) is 3.11. The van der Waals surface area contributed by atoms with Crippen LogP contribution in [0.3, 0.4) is 0 Å². The molecule has 0 N–H and O–H groups in total. The first-order chi connectivity index (χ1) is 12.1. The highest BCUT2D eigenvalue weighted by molar-refractivity contribution is 6.00. The highest BCUT2D eigenvalue weighted by Crippen LogP contribution is 2.37. The summed E-state index contributed by atoms with van der Waals surface area (Å²) in [4.78, 5) is 15.1. The van der Waals surface area contributed by atoms with E-state index < -0.39 is 0 Å². The third-order valence-corrected chi connectivity index (χ3v) is 4.62. The third kappa shape index (κ3) is 3.21. The van der Waals surface area contributed by atoms with Crippen molar-refractivity contribution in [3.05, 3.63) is 41.3 Å². The smallest absolute Gasteiger partial charge is 0.262 e. The topological polar surface area (TPSA) is 64.8 Å². The summed E-state index contributed by atoms with van der Waals surface area (Å²) in [5, 5.41) is 4.13. The second-order valence-corrected chi connectivity index (χ2v) is 6.50. The van der Waals surface area contributed by atoms with Gasteiger partial charge in [0.1, 0.15) is 17.1 Å². The molecule has 134 valence electrons. The van der Waals surface area contributed by atoms with Crippen LogP contribution in [0.5, 0.6) is 11.5 Å². The quantitative estimate of drug-likeness (QED) is 0.825. The zero-order valence-electron chi connectivity index (χ0n) is 15.1. The molecule has 25 heavy (non-hydrogen) atoms. The van der Waals surface area contributed by atoms with Gasteiger partial charge in [0.15, 0.2) is 5.76 Å². The fourth-order valence-electron chi connectivity index (χ4n) is 3.24. The van der Waals surface area contributed by atoms with Crippen molar-refractivity contribution in [2.75, 3.05) is 20.8 Å². The van der Waals surface area contributed by atoms with Crippen molar-refractivity contribution in [1.29, 1.82) is 0 Å². The van der Waals surface area contributed by atoms with Gasteiger partial charge in [0, 0.05) is 12.6 Å². The summed E-state index contributed by atoms with van der Waals surface area (Å²) in [5.74, 6) is 1.94. The first-order valence-electron chi connectivity index (χ1n) is 8.55. The van der Waals surface area contributed by atoms with E-state index >= 15 is 0 Å². The largest absolute Gasteiger partial charge is 0.496 e. The molecule has 6 nitrogen and oxygen atoms in total. The van der Waals surface area contributed by atoms with Crippen LogP contribution in [0.25, 0.3) is 0 Å². The van der Waals surface area contributed by atoms with E-state index in [0.29, 0.717) is 23.6 Å². The molecule has 2 heterocycles. The van der Waals surface area contributed by atoms with Crippen molar-refractivity contribution in [1.82, 2.24) is 10.1 Å². The van der Waals surface area contributed by atoms with E-state index in [1.54, 1.807) is 32.4 Å². The van der Waals surface area contributed by atoms with Crippen LogP contribution in [0.4, 0.5) is 0 Å². The van der Waals surface area contributed by atoms with E-state index in [2.05, 4.69) is 19.0 Å². The van der Waals surface area contributed by atoms with Crippen molar-refractivity contribution in [3.8, 4) is 11.5 Å². The summed E-state index contributed by atoms with van der Waals surface area (Å²) in [5.41, 5.74) is 1.35. The van der Waals surface area contributed by atoms with Gasteiger partial charge < -0.3 is 18.9 Å². The number of aromatic nitrogens is 1. The molecule has 1 amide bonds. The summed E-state index contributed by atoms with van der Waals surface area (Å²) in [6.45, 7) is 4.81. The van der Waals surface area contributed by atoms with Crippen molar-refractivity contribution in [2.45, 2.75) is 38.6 Å². The van der Waals surface area contributed by atoms with Crippen LogP contribution in [0, 0.1) is 0 Å². The fourth-order valence-corrected chi connectivity index (χ4v) is 3.24. The normalized spacial score (nSPS) is 17.2. The lowest BCUT2D eigenvalue weighted by Crippen LogP contribution is -2.31. The maximum atomic E-state index is 13.2. The molecule has 1 aromatic carbocycles. The number of rotatable bonds is 5. The zero-order valence-corrected chi connectivity index (χ0v) is 15.1. The van der Waals surface area contributed by atoms with Crippen LogP contribution in [0.1, 0.15) is 60.5 Å². The number of amides is 1. The van der Waals surface area contributed by atoms with Gasteiger partial charge in [-0.25, -0.2) is 0 Å². The number of benzene rings is 1. The molecule has 0 aliphatic carbocycles. The minimum Gasteiger partial charge on any atom is -0.496 e. The molecule has 1 saturated heterocycles. The van der Waals surface area contributed by atoms with Gasteiger partial charge in [-0.05, 0) is 30.9 Å². The molecule has 2 aromatic rings. The second-order valence-electron chi connectivity index (χ2n) is 6.50. The minimum atomic E-state index is -0.112. The number of methoxy groups -OCH3 is 2. The predicted molar refractivity (Wildman–Crippen MR) is 93.1 cm³/mol. The van der Waals surface area contributed by atoms with E-state index in [1.807, 2.05) is 11.0 Å². The van der Waals surface area contributed by atoms with Crippen LogP contribution in [0.2, 0.25) is 0 Å². The standard InChI is InChI=1S/C19H24N2O4/c1-12(2)13-11-17(25-20-13)14-7-6-10-21(14)19(22)18-15(23-3)8-5-9-16(18)24-4/h5,8-9,11-12,14H,6-7,10H2,1-4H3/t14-/m0/s1. The van der Waals surface area contributed by atoms with E-state index in [1.165, 1.54) is 0 Å². The van der Waals surface area contributed by atoms with Crippen LogP contribution >= 0.6 is 0 Å². The molecule has 1 atom stereocenters. The van der Waals surface area contributed by atoms with Crippen molar-refractivity contribution >= 4 is 5.91 Å². The van der Waals surface area contributed by atoms with Crippen LogP contribution < -0.4 is 9.47 Å². The lowest BCUT2D eigenvalue weighted by atomic mass is 10.1. The Labute approximate surface area is 147 Å². The molecule has 1 aromatic heterocycles. The molecule has 1 aliphatic heterocycles. The van der Waals surface area contributed by atoms with Gasteiger partial charge in [0.2, 0.25) is 0 Å². The lowest BCUT2D eigenvalue weighted by Gasteiger charge is -2.24. The zero-order chi connectivity index (χ0) is 18.0. The maximum absolute atomic E-state index is 13.2. The SMILES string of the molecule is COc1cccc(OC)c1C(=O)N1CCC[C@H]1c1cc(C(C)C)no1. The highest BCUT2D eigenvalue weighted by atomic mass is 16.5. The average molecular weight is 344 g/mol. The molecular formula is C19H24N2O4. The fraction of sp³-hybridized carbons (Fsp3) is 0.474. The van der Waals surface area contributed by atoms with Gasteiger partial charge in [-0.15, -0.1) is 0 Å². The molecular weight excluding hydrogens is 320 g/mol. The number of hydrogen-bond acceptors (Lipinski definition) is 5. The van der Waals surface area contributed by atoms with Crippen molar-refractivity contribution < 1.29 is 18.8 Å². The summed E-state index contributed by atoms with van der Waals surface area (Å²) < 4.78 is 16.3. The van der Waals surface area contributed by atoms with Gasteiger partial charge in [-0.1, -0.05) is 25.1 Å². The number of hydrogen-bond donors (Lipinski definition) is 0. The Hall–Kier alpha value is -2.50. The van der Waals surface area contributed by atoms with E-state index in [-0.39, 0.29) is 17.9 Å². The van der Waals surface area contributed by atoms with Crippen molar-refractivity contribution in [3.63, 3.8) is 0 Å². The molecule has 1 fully saturated rings. The molecule has 0 unspecified atom stereocenters. The summed E-state index contributed by atoms with van der Waals surface area (Å²) in [6, 6.07) is 7.20. The number of nitrogens with zero attached hydrogens (tertiary/aromatic N) is 2. The first kappa shape index (κ1) is 17.3. The molecule has 0 radical (unpaired) electrons. The van der Waals surface area contributed by atoms with Gasteiger partial charge in [-0.3, -0.25) is 4.79 Å². The predicted octanol–water partition coefficient (Wildman–Crippen LogP) is 3.79. The maximum Gasteiger partial charge on any atom is 0.262 e. The molecule has 3 rings (SSSR count). The van der Waals surface area contributed by atoms with E-state index in [0.717, 1.165) is 24.3 Å².